The second-order valence-electron chi connectivity index (χ2n) is 5.13. The van der Waals surface area contributed by atoms with Crippen molar-refractivity contribution in [2.45, 2.75) is 6.92 Å². The first-order valence-electron chi connectivity index (χ1n) is 7.29. The summed E-state index contributed by atoms with van der Waals surface area (Å²) in [5.41, 5.74) is 0.0848. The van der Waals surface area contributed by atoms with Gasteiger partial charge in [-0.15, -0.1) is 5.11 Å². The molecule has 1 aromatic heterocycles. The van der Waals surface area contributed by atoms with Crippen molar-refractivity contribution in [3.05, 3.63) is 51.3 Å². The Kier molecular flexibility index (Phi) is 5.46. The molecule has 1 heterocycles. The molecule has 0 aliphatic carbocycles. The molecule has 0 fully saturated rings. The van der Waals surface area contributed by atoms with Gasteiger partial charge in [-0.3, -0.25) is 9.36 Å². The van der Waals surface area contributed by atoms with Gasteiger partial charge >= 0.3 is 5.97 Å². The van der Waals surface area contributed by atoms with Crippen LogP contribution < -0.4 is 5.56 Å². The molecule has 0 radical (unpaired) electrons. The third kappa shape index (κ3) is 3.57. The van der Waals surface area contributed by atoms with Crippen molar-refractivity contribution in [2.24, 2.45) is 17.3 Å². The van der Waals surface area contributed by atoms with Crippen LogP contribution in [0.25, 0.3) is 0 Å². The third-order valence-electron chi connectivity index (χ3n) is 3.53. The lowest BCUT2D eigenvalue weighted by Gasteiger charge is -2.08. The van der Waals surface area contributed by atoms with Gasteiger partial charge in [-0.1, -0.05) is 0 Å². The van der Waals surface area contributed by atoms with Crippen molar-refractivity contribution < 1.29 is 14.6 Å². The largest absolute Gasteiger partial charge is 0.493 e. The van der Waals surface area contributed by atoms with Crippen molar-refractivity contribution in [1.29, 1.82) is 10.5 Å². The maximum absolute atomic E-state index is 12.2. The lowest BCUT2D eigenvalue weighted by Crippen LogP contribution is -2.18. The molecule has 1 aromatic carbocycles. The third-order valence-corrected chi connectivity index (χ3v) is 3.53. The van der Waals surface area contributed by atoms with Crippen molar-refractivity contribution in [1.82, 2.24) is 4.57 Å². The average molecular weight is 351 g/mol. The number of hydrogen-bond donors (Lipinski definition) is 1. The molecular formula is C17H13N5O4. The monoisotopic (exact) mass is 351 g/mol. The molecule has 2 rings (SSSR count). The highest BCUT2D eigenvalue weighted by molar-refractivity contribution is 5.89. The molecule has 0 spiro atoms. The highest BCUT2D eigenvalue weighted by atomic mass is 16.5. The van der Waals surface area contributed by atoms with Crippen LogP contribution in [0, 0.1) is 29.6 Å². The number of pyridine rings is 1. The van der Waals surface area contributed by atoms with Crippen LogP contribution in [0.1, 0.15) is 21.5 Å². The minimum Gasteiger partial charge on any atom is -0.493 e. The fraction of sp³-hybridized carbons (Fsp3) is 0.176. The zero-order valence-electron chi connectivity index (χ0n) is 13.9. The number of azo groups is 1. The van der Waals surface area contributed by atoms with Gasteiger partial charge in [-0.25, -0.2) is 4.79 Å². The van der Waals surface area contributed by atoms with E-state index in [4.69, 9.17) is 10.5 Å². The SMILES string of the molecule is Cc1c(C#N)c(O)n(C)c(=O)c1N=Nc1ccc(C(=O)OCC#N)cc1. The molecule has 0 amide bonds. The number of ether oxygens (including phenoxy) is 1. The number of nitriles is 2. The van der Waals surface area contributed by atoms with Crippen LogP contribution in [0.15, 0.2) is 39.3 Å². The Bertz CT molecular complexity index is 1020. The molecule has 130 valence electrons. The van der Waals surface area contributed by atoms with E-state index in [1.807, 2.05) is 6.07 Å². The Morgan fingerprint density at radius 3 is 2.50 bits per heavy atom. The van der Waals surface area contributed by atoms with Crippen LogP contribution in [-0.4, -0.2) is 22.2 Å². The minimum absolute atomic E-state index is 0.0587. The number of rotatable bonds is 4. The van der Waals surface area contributed by atoms with Gasteiger partial charge in [-0.05, 0) is 31.2 Å². The fourth-order valence-electron chi connectivity index (χ4n) is 2.07. The molecule has 0 aliphatic rings. The molecular weight excluding hydrogens is 338 g/mol. The van der Waals surface area contributed by atoms with Gasteiger partial charge in [0.1, 0.15) is 17.7 Å². The second-order valence-corrected chi connectivity index (χ2v) is 5.13. The van der Waals surface area contributed by atoms with Gasteiger partial charge in [0.05, 0.1) is 11.3 Å². The summed E-state index contributed by atoms with van der Waals surface area (Å²) >= 11 is 0. The molecule has 0 bridgehead atoms. The molecule has 0 saturated heterocycles. The van der Waals surface area contributed by atoms with E-state index in [0.717, 1.165) is 4.57 Å². The van der Waals surface area contributed by atoms with Gasteiger partial charge in [-0.2, -0.15) is 15.6 Å². The number of carbonyl (C=O) groups excluding carboxylic acids is 1. The molecule has 1 N–H and O–H groups in total. The van der Waals surface area contributed by atoms with Crippen LogP contribution in [0.3, 0.4) is 0 Å². The van der Waals surface area contributed by atoms with Crippen molar-refractivity contribution in [2.75, 3.05) is 6.61 Å². The summed E-state index contributed by atoms with van der Waals surface area (Å²) in [7, 11) is 1.32. The zero-order valence-corrected chi connectivity index (χ0v) is 13.9. The van der Waals surface area contributed by atoms with Gasteiger partial charge in [0.25, 0.3) is 5.56 Å². The Morgan fingerprint density at radius 1 is 1.27 bits per heavy atom. The second kappa shape index (κ2) is 7.73. The summed E-state index contributed by atoms with van der Waals surface area (Å²) in [4.78, 5) is 23.8. The van der Waals surface area contributed by atoms with Gasteiger partial charge < -0.3 is 9.84 Å². The van der Waals surface area contributed by atoms with E-state index < -0.39 is 17.4 Å². The quantitative estimate of drug-likeness (QED) is 0.662. The smallest absolute Gasteiger partial charge is 0.339 e. The summed E-state index contributed by atoms with van der Waals surface area (Å²) in [6.45, 7) is 1.15. The molecule has 0 unspecified atom stereocenters. The highest BCUT2D eigenvalue weighted by Crippen LogP contribution is 2.26. The summed E-state index contributed by atoms with van der Waals surface area (Å²) in [6, 6.07) is 9.37. The first kappa shape index (κ1) is 18.4. The van der Waals surface area contributed by atoms with Crippen molar-refractivity contribution >= 4 is 17.3 Å². The predicted molar refractivity (Wildman–Crippen MR) is 89.3 cm³/mol. The van der Waals surface area contributed by atoms with Crippen LogP contribution in [0.4, 0.5) is 11.4 Å². The summed E-state index contributed by atoms with van der Waals surface area (Å²) in [5.74, 6) is -1.08. The normalized spacial score (nSPS) is 10.3. The molecule has 9 heteroatoms. The number of hydrogen-bond acceptors (Lipinski definition) is 8. The van der Waals surface area contributed by atoms with E-state index in [-0.39, 0.29) is 29.0 Å². The average Bonchev–Trinajstić information content (AvgIpc) is 2.65. The first-order chi connectivity index (χ1) is 12.4. The van der Waals surface area contributed by atoms with Crippen molar-refractivity contribution in [3.63, 3.8) is 0 Å². The van der Waals surface area contributed by atoms with E-state index in [1.165, 1.54) is 38.2 Å². The molecule has 0 atom stereocenters. The Morgan fingerprint density at radius 2 is 1.92 bits per heavy atom. The first-order valence-corrected chi connectivity index (χ1v) is 7.29. The fourth-order valence-corrected chi connectivity index (χ4v) is 2.07. The van der Waals surface area contributed by atoms with E-state index in [9.17, 15) is 14.7 Å². The molecule has 9 nitrogen and oxygen atoms in total. The van der Waals surface area contributed by atoms with Gasteiger partial charge in [0.2, 0.25) is 5.88 Å². The van der Waals surface area contributed by atoms with E-state index in [1.54, 1.807) is 6.07 Å². The standard InChI is InChI=1S/C17H13N5O4/c1-10-13(9-19)15(23)22(2)16(24)14(10)21-20-12-5-3-11(4-6-12)17(25)26-8-7-18/h3-6,23H,8H2,1-2H3. The number of aromatic hydroxyl groups is 1. The van der Waals surface area contributed by atoms with Crippen LogP contribution in [-0.2, 0) is 11.8 Å². The minimum atomic E-state index is -0.642. The van der Waals surface area contributed by atoms with Crippen molar-refractivity contribution in [3.8, 4) is 18.0 Å². The number of aromatic nitrogens is 1. The summed E-state index contributed by atoms with van der Waals surface area (Å²) < 4.78 is 5.59. The Balaban J connectivity index is 2.33. The van der Waals surface area contributed by atoms with Crippen LogP contribution in [0.2, 0.25) is 0 Å². The number of nitrogens with zero attached hydrogens (tertiary/aromatic N) is 5. The summed E-state index contributed by atoms with van der Waals surface area (Å²) in [6.07, 6.45) is 0. The maximum atomic E-state index is 12.2. The molecule has 26 heavy (non-hydrogen) atoms. The Labute approximate surface area is 148 Å². The van der Waals surface area contributed by atoms with E-state index in [0.29, 0.717) is 5.69 Å². The molecule has 0 saturated carbocycles. The number of esters is 1. The van der Waals surface area contributed by atoms with Gasteiger partial charge in [0.15, 0.2) is 12.3 Å². The number of carbonyl (C=O) groups is 1. The topological polar surface area (TPSA) is 141 Å². The zero-order chi connectivity index (χ0) is 19.3. The predicted octanol–water partition coefficient (Wildman–Crippen LogP) is 2.37. The van der Waals surface area contributed by atoms with Crippen LogP contribution in [0.5, 0.6) is 5.88 Å². The summed E-state index contributed by atoms with van der Waals surface area (Å²) in [5, 5.41) is 35.1. The van der Waals surface area contributed by atoms with E-state index >= 15 is 0 Å². The Hall–Kier alpha value is -3.98. The molecule has 0 aliphatic heterocycles. The highest BCUT2D eigenvalue weighted by Gasteiger charge is 2.17. The van der Waals surface area contributed by atoms with Gasteiger partial charge in [0, 0.05) is 12.6 Å². The molecule has 2 aromatic rings. The maximum Gasteiger partial charge on any atom is 0.339 e. The number of benzene rings is 1. The lowest BCUT2D eigenvalue weighted by atomic mass is 10.1. The van der Waals surface area contributed by atoms with Crippen LogP contribution >= 0.6 is 0 Å². The van der Waals surface area contributed by atoms with E-state index in [2.05, 4.69) is 15.0 Å². The lowest BCUT2D eigenvalue weighted by molar-refractivity contribution is 0.0555.